The Morgan fingerprint density at radius 1 is 1.44 bits per heavy atom. The standard InChI is InChI=1S/C11H10Cl2N4O/c1-17(5-10-14-6-15-16-10)11(18)8-4-7(12)2-3-9(8)13/h2-4,6H,5H2,1H3,(H,14,15,16). The number of carbonyl (C=O) groups excluding carboxylic acids is 1. The number of rotatable bonds is 3. The van der Waals surface area contributed by atoms with Crippen LogP contribution >= 0.6 is 23.2 Å². The van der Waals surface area contributed by atoms with Crippen molar-refractivity contribution in [3.8, 4) is 0 Å². The van der Waals surface area contributed by atoms with Crippen LogP contribution < -0.4 is 0 Å². The lowest BCUT2D eigenvalue weighted by atomic mass is 10.2. The van der Waals surface area contributed by atoms with Gasteiger partial charge in [-0.25, -0.2) is 4.98 Å². The maximum atomic E-state index is 12.2. The molecule has 0 aliphatic carbocycles. The summed E-state index contributed by atoms with van der Waals surface area (Å²) >= 11 is 11.8. The van der Waals surface area contributed by atoms with Gasteiger partial charge in [0.15, 0.2) is 0 Å². The van der Waals surface area contributed by atoms with Gasteiger partial charge in [-0.15, -0.1) is 0 Å². The maximum Gasteiger partial charge on any atom is 0.255 e. The highest BCUT2D eigenvalue weighted by Gasteiger charge is 2.16. The summed E-state index contributed by atoms with van der Waals surface area (Å²) in [6.07, 6.45) is 1.39. The van der Waals surface area contributed by atoms with Gasteiger partial charge in [0.2, 0.25) is 0 Å². The van der Waals surface area contributed by atoms with Gasteiger partial charge in [-0.05, 0) is 18.2 Å². The van der Waals surface area contributed by atoms with E-state index in [1.54, 1.807) is 25.2 Å². The van der Waals surface area contributed by atoms with E-state index in [9.17, 15) is 4.79 Å². The van der Waals surface area contributed by atoms with Crippen LogP contribution in [0.1, 0.15) is 16.2 Å². The number of H-pyrrole nitrogens is 1. The molecule has 0 saturated heterocycles. The molecule has 1 aromatic carbocycles. The summed E-state index contributed by atoms with van der Waals surface area (Å²) in [5.41, 5.74) is 0.367. The fraction of sp³-hybridized carbons (Fsp3) is 0.182. The molecule has 18 heavy (non-hydrogen) atoms. The van der Waals surface area contributed by atoms with Crippen molar-refractivity contribution in [1.29, 1.82) is 0 Å². The maximum absolute atomic E-state index is 12.2. The average molecular weight is 285 g/mol. The summed E-state index contributed by atoms with van der Waals surface area (Å²) in [6, 6.07) is 4.78. The minimum atomic E-state index is -0.223. The minimum Gasteiger partial charge on any atom is -0.334 e. The first-order chi connectivity index (χ1) is 8.58. The van der Waals surface area contributed by atoms with Gasteiger partial charge >= 0.3 is 0 Å². The molecule has 0 radical (unpaired) electrons. The Hall–Kier alpha value is -1.59. The number of aromatic amines is 1. The van der Waals surface area contributed by atoms with Crippen molar-refractivity contribution in [2.45, 2.75) is 6.54 Å². The largest absolute Gasteiger partial charge is 0.334 e. The molecule has 0 saturated carbocycles. The predicted molar refractivity (Wildman–Crippen MR) is 68.6 cm³/mol. The Morgan fingerprint density at radius 3 is 2.89 bits per heavy atom. The van der Waals surface area contributed by atoms with Crippen molar-refractivity contribution in [2.75, 3.05) is 7.05 Å². The van der Waals surface area contributed by atoms with E-state index in [0.29, 0.717) is 28.0 Å². The number of hydrogen-bond donors (Lipinski definition) is 1. The molecule has 2 rings (SSSR count). The first kappa shape index (κ1) is 12.9. The zero-order valence-corrected chi connectivity index (χ0v) is 11.0. The number of aromatic nitrogens is 3. The normalized spacial score (nSPS) is 10.4. The summed E-state index contributed by atoms with van der Waals surface area (Å²) in [4.78, 5) is 17.6. The highest BCUT2D eigenvalue weighted by Crippen LogP contribution is 2.22. The van der Waals surface area contributed by atoms with Gasteiger partial charge in [-0.1, -0.05) is 23.2 Å². The van der Waals surface area contributed by atoms with Gasteiger partial charge in [0.25, 0.3) is 5.91 Å². The van der Waals surface area contributed by atoms with E-state index in [-0.39, 0.29) is 5.91 Å². The second kappa shape index (κ2) is 5.37. The Balaban J connectivity index is 2.17. The smallest absolute Gasteiger partial charge is 0.255 e. The van der Waals surface area contributed by atoms with E-state index in [0.717, 1.165) is 0 Å². The van der Waals surface area contributed by atoms with Gasteiger partial charge in [0, 0.05) is 12.1 Å². The summed E-state index contributed by atoms with van der Waals surface area (Å²) in [5, 5.41) is 7.24. The molecule has 0 unspecified atom stereocenters. The third-order valence-electron chi connectivity index (χ3n) is 2.36. The van der Waals surface area contributed by atoms with Gasteiger partial charge in [0.05, 0.1) is 17.1 Å². The number of amides is 1. The van der Waals surface area contributed by atoms with Gasteiger partial charge < -0.3 is 4.90 Å². The summed E-state index contributed by atoms with van der Waals surface area (Å²) in [6.45, 7) is 0.321. The molecule has 0 atom stereocenters. The monoisotopic (exact) mass is 284 g/mol. The molecule has 1 amide bonds. The number of nitrogens with zero attached hydrogens (tertiary/aromatic N) is 3. The fourth-order valence-electron chi connectivity index (χ4n) is 1.47. The van der Waals surface area contributed by atoms with E-state index in [4.69, 9.17) is 23.2 Å². The Morgan fingerprint density at radius 2 is 2.22 bits per heavy atom. The van der Waals surface area contributed by atoms with Crippen LogP contribution in [-0.4, -0.2) is 33.0 Å². The molecular formula is C11H10Cl2N4O. The first-order valence-electron chi connectivity index (χ1n) is 5.12. The van der Waals surface area contributed by atoms with Crippen LogP contribution in [0.4, 0.5) is 0 Å². The van der Waals surface area contributed by atoms with E-state index >= 15 is 0 Å². The van der Waals surface area contributed by atoms with Crippen molar-refractivity contribution in [3.05, 3.63) is 46.0 Å². The molecule has 1 aromatic heterocycles. The number of halogens is 2. The Kier molecular flexibility index (Phi) is 3.84. The van der Waals surface area contributed by atoms with Crippen LogP contribution in [0, 0.1) is 0 Å². The Labute approximate surface area is 114 Å². The van der Waals surface area contributed by atoms with Gasteiger partial charge in [-0.2, -0.15) is 5.10 Å². The fourth-order valence-corrected chi connectivity index (χ4v) is 1.84. The molecule has 2 aromatic rings. The SMILES string of the molecule is CN(Cc1ncn[nH]1)C(=O)c1cc(Cl)ccc1Cl. The zero-order valence-electron chi connectivity index (χ0n) is 9.52. The van der Waals surface area contributed by atoms with Crippen LogP contribution in [0.5, 0.6) is 0 Å². The summed E-state index contributed by atoms with van der Waals surface area (Å²) in [7, 11) is 1.65. The molecule has 0 fully saturated rings. The molecule has 0 spiro atoms. The molecule has 7 heteroatoms. The van der Waals surface area contributed by atoms with Crippen molar-refractivity contribution in [2.24, 2.45) is 0 Å². The quantitative estimate of drug-likeness (QED) is 0.941. The van der Waals surface area contributed by atoms with Crippen molar-refractivity contribution in [3.63, 3.8) is 0 Å². The van der Waals surface area contributed by atoms with E-state index in [2.05, 4.69) is 15.2 Å². The lowest BCUT2D eigenvalue weighted by Gasteiger charge is -2.16. The first-order valence-corrected chi connectivity index (χ1v) is 5.88. The molecule has 5 nitrogen and oxygen atoms in total. The van der Waals surface area contributed by atoms with Crippen LogP contribution in [-0.2, 0) is 6.54 Å². The Bertz CT molecular complexity index is 556. The highest BCUT2D eigenvalue weighted by molar-refractivity contribution is 6.35. The summed E-state index contributed by atoms with van der Waals surface area (Å²) in [5.74, 6) is 0.378. The van der Waals surface area contributed by atoms with Crippen LogP contribution in [0.25, 0.3) is 0 Å². The summed E-state index contributed by atoms with van der Waals surface area (Å²) < 4.78 is 0. The van der Waals surface area contributed by atoms with Crippen molar-refractivity contribution in [1.82, 2.24) is 20.1 Å². The number of nitrogens with one attached hydrogen (secondary N) is 1. The number of carbonyl (C=O) groups is 1. The molecule has 0 aliphatic heterocycles. The second-order valence-corrected chi connectivity index (χ2v) is 4.56. The van der Waals surface area contributed by atoms with Crippen molar-refractivity contribution < 1.29 is 4.79 Å². The van der Waals surface area contributed by atoms with Gasteiger partial charge in [-0.3, -0.25) is 9.89 Å². The van der Waals surface area contributed by atoms with E-state index in [1.165, 1.54) is 11.2 Å². The average Bonchev–Trinajstić information content (AvgIpc) is 2.84. The van der Waals surface area contributed by atoms with E-state index in [1.807, 2.05) is 0 Å². The molecular weight excluding hydrogens is 275 g/mol. The highest BCUT2D eigenvalue weighted by atomic mass is 35.5. The zero-order chi connectivity index (χ0) is 13.1. The lowest BCUT2D eigenvalue weighted by Crippen LogP contribution is -2.27. The third-order valence-corrected chi connectivity index (χ3v) is 2.92. The number of hydrogen-bond acceptors (Lipinski definition) is 3. The van der Waals surface area contributed by atoms with Crippen LogP contribution in [0.15, 0.2) is 24.5 Å². The second-order valence-electron chi connectivity index (χ2n) is 3.72. The minimum absolute atomic E-state index is 0.223. The van der Waals surface area contributed by atoms with Crippen LogP contribution in [0.3, 0.4) is 0 Å². The molecule has 94 valence electrons. The van der Waals surface area contributed by atoms with Crippen LogP contribution in [0.2, 0.25) is 10.0 Å². The molecule has 1 heterocycles. The molecule has 0 bridgehead atoms. The van der Waals surface area contributed by atoms with Crippen molar-refractivity contribution >= 4 is 29.1 Å². The molecule has 0 aliphatic rings. The van der Waals surface area contributed by atoms with Gasteiger partial charge in [0.1, 0.15) is 12.2 Å². The topological polar surface area (TPSA) is 61.9 Å². The number of benzene rings is 1. The lowest BCUT2D eigenvalue weighted by molar-refractivity contribution is 0.0782. The predicted octanol–water partition coefficient (Wildman–Crippen LogP) is 2.38. The molecule has 1 N–H and O–H groups in total. The third kappa shape index (κ3) is 2.80. The van der Waals surface area contributed by atoms with E-state index < -0.39 is 0 Å².